The first-order chi connectivity index (χ1) is 15.2. The number of amidine groups is 1. The zero-order valence-corrected chi connectivity index (χ0v) is 16.1. The summed E-state index contributed by atoms with van der Waals surface area (Å²) in [6, 6.07) is 10.2. The lowest BCUT2D eigenvalue weighted by Gasteiger charge is -2.11. The van der Waals surface area contributed by atoms with E-state index in [-0.39, 0.29) is 17.1 Å². The summed E-state index contributed by atoms with van der Waals surface area (Å²) in [5.74, 6) is -2.90. The minimum Gasteiger partial charge on any atom is -0.383 e. The average Bonchev–Trinajstić information content (AvgIpc) is 3.18. The van der Waals surface area contributed by atoms with E-state index in [1.54, 1.807) is 24.4 Å². The van der Waals surface area contributed by atoms with E-state index in [0.29, 0.717) is 11.1 Å². The molecule has 0 bridgehead atoms. The number of rotatable bonds is 3. The molecule has 11 heteroatoms. The van der Waals surface area contributed by atoms with Crippen LogP contribution in [0.15, 0.2) is 65.9 Å². The van der Waals surface area contributed by atoms with E-state index >= 15 is 0 Å². The van der Waals surface area contributed by atoms with Crippen LogP contribution in [0, 0.1) is 5.82 Å². The van der Waals surface area contributed by atoms with E-state index < -0.39 is 34.9 Å². The topological polar surface area (TPSA) is 112 Å². The SMILES string of the molecule is NC(=NC(=O)c1ccccc1C(F)(F)F)c1cc(F)c(-c2cnn3ccccc23)nc1N. The summed E-state index contributed by atoms with van der Waals surface area (Å²) in [4.78, 5) is 19.9. The van der Waals surface area contributed by atoms with Crippen molar-refractivity contribution in [2.45, 2.75) is 6.18 Å². The fourth-order valence-corrected chi connectivity index (χ4v) is 3.16. The Morgan fingerprint density at radius 3 is 2.53 bits per heavy atom. The number of halogens is 4. The van der Waals surface area contributed by atoms with E-state index in [2.05, 4.69) is 15.1 Å². The smallest absolute Gasteiger partial charge is 0.383 e. The molecule has 32 heavy (non-hydrogen) atoms. The Bertz CT molecular complexity index is 1380. The van der Waals surface area contributed by atoms with Crippen LogP contribution < -0.4 is 11.5 Å². The second-order valence-corrected chi connectivity index (χ2v) is 6.69. The second kappa shape index (κ2) is 7.76. The summed E-state index contributed by atoms with van der Waals surface area (Å²) in [7, 11) is 0. The Balaban J connectivity index is 1.73. The molecule has 0 aliphatic rings. The quantitative estimate of drug-likeness (QED) is 0.286. The van der Waals surface area contributed by atoms with E-state index in [0.717, 1.165) is 24.3 Å². The number of nitrogens with zero attached hydrogens (tertiary/aromatic N) is 4. The van der Waals surface area contributed by atoms with Gasteiger partial charge in [-0.1, -0.05) is 18.2 Å². The Hall–Kier alpha value is -4.28. The zero-order chi connectivity index (χ0) is 23.0. The molecule has 7 nitrogen and oxygen atoms in total. The lowest BCUT2D eigenvalue weighted by molar-refractivity contribution is -0.137. The highest BCUT2D eigenvalue weighted by molar-refractivity contribution is 6.11. The van der Waals surface area contributed by atoms with Crippen LogP contribution in [-0.2, 0) is 6.18 Å². The number of fused-ring (bicyclic) bond motifs is 1. The molecule has 4 rings (SSSR count). The Kier molecular flexibility index (Phi) is 5.09. The molecule has 0 saturated carbocycles. The van der Waals surface area contributed by atoms with Crippen molar-refractivity contribution >= 4 is 23.1 Å². The number of nitrogen functional groups attached to an aromatic ring is 1. The molecular formula is C21H14F4N6O. The highest BCUT2D eigenvalue weighted by Gasteiger charge is 2.35. The number of aromatic nitrogens is 3. The summed E-state index contributed by atoms with van der Waals surface area (Å²) < 4.78 is 55.9. The van der Waals surface area contributed by atoms with Crippen molar-refractivity contribution < 1.29 is 22.4 Å². The fourth-order valence-electron chi connectivity index (χ4n) is 3.16. The maximum atomic E-state index is 14.9. The van der Waals surface area contributed by atoms with Crippen LogP contribution in [0.3, 0.4) is 0 Å². The van der Waals surface area contributed by atoms with Gasteiger partial charge in [-0.2, -0.15) is 23.3 Å². The normalized spacial score (nSPS) is 12.3. The molecule has 3 aromatic heterocycles. The Morgan fingerprint density at radius 2 is 1.78 bits per heavy atom. The standard InChI is InChI=1S/C21H14F4N6O/c22-15-9-12(18(26)29-17(15)13-10-28-31-8-4-3-7-16(13)31)19(27)30-20(32)11-5-1-2-6-14(11)21(23,24)25/h1-10H,(H2,26,29)(H2,27,30,32). The molecule has 0 aliphatic carbocycles. The molecule has 0 unspecified atom stereocenters. The van der Waals surface area contributed by atoms with Crippen LogP contribution >= 0.6 is 0 Å². The van der Waals surface area contributed by atoms with E-state index in [4.69, 9.17) is 11.5 Å². The minimum absolute atomic E-state index is 0.103. The van der Waals surface area contributed by atoms with E-state index in [1.807, 2.05) is 0 Å². The first kappa shape index (κ1) is 21.0. The number of carbonyl (C=O) groups excluding carboxylic acids is 1. The molecule has 0 atom stereocenters. The number of pyridine rings is 2. The maximum Gasteiger partial charge on any atom is 0.417 e. The molecule has 0 fully saturated rings. The van der Waals surface area contributed by atoms with Crippen molar-refractivity contribution in [1.29, 1.82) is 0 Å². The van der Waals surface area contributed by atoms with Crippen molar-refractivity contribution in [2.75, 3.05) is 5.73 Å². The van der Waals surface area contributed by atoms with E-state index in [9.17, 15) is 22.4 Å². The molecule has 0 radical (unpaired) electrons. The van der Waals surface area contributed by atoms with Gasteiger partial charge in [-0.3, -0.25) is 4.79 Å². The molecule has 4 N–H and O–H groups in total. The van der Waals surface area contributed by atoms with Crippen LogP contribution in [0.25, 0.3) is 16.8 Å². The van der Waals surface area contributed by atoms with Gasteiger partial charge in [0, 0.05) is 11.8 Å². The molecule has 1 amide bonds. The summed E-state index contributed by atoms with van der Waals surface area (Å²) in [5.41, 5.74) is 10.4. The molecule has 0 aliphatic heterocycles. The van der Waals surface area contributed by atoms with Crippen LogP contribution in [-0.4, -0.2) is 26.3 Å². The number of carbonyl (C=O) groups is 1. The molecule has 4 aromatic rings. The summed E-state index contributed by atoms with van der Waals surface area (Å²) in [6.07, 6.45) is -1.68. The van der Waals surface area contributed by atoms with Gasteiger partial charge < -0.3 is 11.5 Å². The summed E-state index contributed by atoms with van der Waals surface area (Å²) >= 11 is 0. The van der Waals surface area contributed by atoms with Gasteiger partial charge in [-0.25, -0.2) is 13.9 Å². The number of nitrogens with two attached hydrogens (primary N) is 2. The third-order valence-electron chi connectivity index (χ3n) is 4.65. The number of anilines is 1. The fraction of sp³-hybridized carbons (Fsp3) is 0.0476. The Morgan fingerprint density at radius 1 is 1.06 bits per heavy atom. The highest BCUT2D eigenvalue weighted by atomic mass is 19.4. The van der Waals surface area contributed by atoms with Gasteiger partial charge in [0.25, 0.3) is 5.91 Å². The summed E-state index contributed by atoms with van der Waals surface area (Å²) in [6.45, 7) is 0. The largest absolute Gasteiger partial charge is 0.417 e. The number of hydrogen-bond acceptors (Lipinski definition) is 4. The molecular weight excluding hydrogens is 428 g/mol. The third-order valence-corrected chi connectivity index (χ3v) is 4.65. The summed E-state index contributed by atoms with van der Waals surface area (Å²) in [5, 5.41) is 4.11. The van der Waals surface area contributed by atoms with Gasteiger partial charge in [0.05, 0.1) is 28.4 Å². The zero-order valence-electron chi connectivity index (χ0n) is 16.1. The van der Waals surface area contributed by atoms with Crippen LogP contribution in [0.5, 0.6) is 0 Å². The molecule has 0 saturated heterocycles. The number of hydrogen-bond donors (Lipinski definition) is 2. The molecule has 3 heterocycles. The maximum absolute atomic E-state index is 14.9. The van der Waals surface area contributed by atoms with Crippen molar-refractivity contribution in [3.05, 3.63) is 83.4 Å². The highest BCUT2D eigenvalue weighted by Crippen LogP contribution is 2.32. The first-order valence-electron chi connectivity index (χ1n) is 9.10. The predicted molar refractivity (Wildman–Crippen MR) is 109 cm³/mol. The monoisotopic (exact) mass is 442 g/mol. The molecule has 162 valence electrons. The second-order valence-electron chi connectivity index (χ2n) is 6.69. The average molecular weight is 442 g/mol. The predicted octanol–water partition coefficient (Wildman–Crippen LogP) is 3.68. The Labute approximate surface area is 178 Å². The lowest BCUT2D eigenvalue weighted by Crippen LogP contribution is -2.20. The van der Waals surface area contributed by atoms with Crippen molar-refractivity contribution in [3.8, 4) is 11.3 Å². The van der Waals surface area contributed by atoms with Crippen molar-refractivity contribution in [3.63, 3.8) is 0 Å². The minimum atomic E-state index is -4.76. The van der Waals surface area contributed by atoms with Gasteiger partial charge in [0.2, 0.25) is 0 Å². The van der Waals surface area contributed by atoms with Gasteiger partial charge in [-0.05, 0) is 30.3 Å². The van der Waals surface area contributed by atoms with Crippen LogP contribution in [0.1, 0.15) is 21.5 Å². The number of aliphatic imine (C=N–C) groups is 1. The van der Waals surface area contributed by atoms with Gasteiger partial charge in [-0.15, -0.1) is 0 Å². The first-order valence-corrected chi connectivity index (χ1v) is 9.10. The van der Waals surface area contributed by atoms with Gasteiger partial charge in [0.1, 0.15) is 17.3 Å². The van der Waals surface area contributed by atoms with Gasteiger partial charge in [0.15, 0.2) is 5.82 Å². The van der Waals surface area contributed by atoms with E-state index in [1.165, 1.54) is 16.8 Å². The van der Waals surface area contributed by atoms with Crippen LogP contribution in [0.4, 0.5) is 23.4 Å². The number of amides is 1. The lowest BCUT2D eigenvalue weighted by atomic mass is 10.1. The molecule has 0 spiro atoms. The van der Waals surface area contributed by atoms with Gasteiger partial charge >= 0.3 is 6.18 Å². The van der Waals surface area contributed by atoms with Crippen molar-refractivity contribution in [2.24, 2.45) is 10.7 Å². The number of benzene rings is 1. The van der Waals surface area contributed by atoms with Crippen molar-refractivity contribution in [1.82, 2.24) is 14.6 Å². The third kappa shape index (κ3) is 3.75. The number of alkyl halides is 3. The molecule has 1 aromatic carbocycles. The van der Waals surface area contributed by atoms with Crippen LogP contribution in [0.2, 0.25) is 0 Å².